The zero-order valence-electron chi connectivity index (χ0n) is 11.4. The van der Waals surface area contributed by atoms with Crippen LogP contribution in [0, 0.1) is 11.7 Å². The van der Waals surface area contributed by atoms with Crippen LogP contribution in [-0.4, -0.2) is 25.9 Å². The van der Waals surface area contributed by atoms with E-state index in [0.29, 0.717) is 17.9 Å². The number of hydrazine groups is 1. The van der Waals surface area contributed by atoms with Crippen molar-refractivity contribution in [1.82, 2.24) is 5.43 Å². The first-order valence-electron chi connectivity index (χ1n) is 6.56. The molecule has 2 rings (SSSR count). The molecule has 0 bridgehead atoms. The van der Waals surface area contributed by atoms with E-state index in [0.717, 1.165) is 13.0 Å². The quantitative estimate of drug-likeness (QED) is 0.629. The number of benzene rings is 1. The first kappa shape index (κ1) is 14.2. The summed E-state index contributed by atoms with van der Waals surface area (Å²) in [5, 5.41) is 0. The van der Waals surface area contributed by atoms with Crippen LogP contribution >= 0.6 is 0 Å². The maximum atomic E-state index is 14.1. The number of hydrogen-bond donors (Lipinski definition) is 2. The Labute approximate surface area is 113 Å². The third-order valence-electron chi connectivity index (χ3n) is 3.76. The summed E-state index contributed by atoms with van der Waals surface area (Å²) in [7, 11) is 1.46. The predicted molar refractivity (Wildman–Crippen MR) is 71.3 cm³/mol. The van der Waals surface area contributed by atoms with Crippen molar-refractivity contribution in [3.8, 4) is 5.75 Å². The van der Waals surface area contributed by atoms with E-state index < -0.39 is 0 Å². The van der Waals surface area contributed by atoms with E-state index in [4.69, 9.17) is 15.3 Å². The average molecular weight is 268 g/mol. The molecule has 1 aromatic rings. The van der Waals surface area contributed by atoms with Crippen LogP contribution in [0.1, 0.15) is 18.9 Å². The van der Waals surface area contributed by atoms with E-state index in [2.05, 4.69) is 12.3 Å². The number of nitrogens with two attached hydrogens (primary N) is 1. The molecule has 3 N–H and O–H groups in total. The first-order chi connectivity index (χ1) is 9.17. The molecule has 1 aliphatic rings. The zero-order chi connectivity index (χ0) is 13.8. The van der Waals surface area contributed by atoms with Crippen molar-refractivity contribution in [1.29, 1.82) is 0 Å². The van der Waals surface area contributed by atoms with Gasteiger partial charge in [-0.25, -0.2) is 4.39 Å². The van der Waals surface area contributed by atoms with Crippen molar-refractivity contribution < 1.29 is 13.9 Å². The standard InChI is InChI=1S/C14H21FN2O2/c1-9-6-7-19-14(9)11(17-16)8-10-4-3-5-12(18-2)13(10)15/h3-5,9,11,14,17H,6-8,16H2,1-2H3. The van der Waals surface area contributed by atoms with Gasteiger partial charge in [0.15, 0.2) is 11.6 Å². The van der Waals surface area contributed by atoms with Crippen molar-refractivity contribution in [3.63, 3.8) is 0 Å². The Hall–Kier alpha value is -1.17. The van der Waals surface area contributed by atoms with Crippen LogP contribution in [0.4, 0.5) is 4.39 Å². The molecule has 3 atom stereocenters. The van der Waals surface area contributed by atoms with Gasteiger partial charge in [0, 0.05) is 6.61 Å². The molecule has 0 aromatic heterocycles. The summed E-state index contributed by atoms with van der Waals surface area (Å²) in [4.78, 5) is 0. The Morgan fingerprint density at radius 1 is 1.58 bits per heavy atom. The molecule has 4 nitrogen and oxygen atoms in total. The van der Waals surface area contributed by atoms with E-state index in [1.54, 1.807) is 18.2 Å². The highest BCUT2D eigenvalue weighted by Gasteiger charge is 2.32. The summed E-state index contributed by atoms with van der Waals surface area (Å²) < 4.78 is 24.8. The Balaban J connectivity index is 2.14. The van der Waals surface area contributed by atoms with Crippen LogP contribution < -0.4 is 16.0 Å². The highest BCUT2D eigenvalue weighted by Crippen LogP contribution is 2.26. The third-order valence-corrected chi connectivity index (χ3v) is 3.76. The molecule has 1 fully saturated rings. The first-order valence-corrected chi connectivity index (χ1v) is 6.56. The molecule has 0 saturated carbocycles. The lowest BCUT2D eigenvalue weighted by Gasteiger charge is -2.25. The van der Waals surface area contributed by atoms with Gasteiger partial charge in [-0.15, -0.1) is 0 Å². The van der Waals surface area contributed by atoms with E-state index in [-0.39, 0.29) is 23.7 Å². The minimum atomic E-state index is -0.323. The summed E-state index contributed by atoms with van der Waals surface area (Å²) in [6.07, 6.45) is 1.52. The average Bonchev–Trinajstić information content (AvgIpc) is 2.84. The molecular formula is C14H21FN2O2. The van der Waals surface area contributed by atoms with Crippen LogP contribution in [0.2, 0.25) is 0 Å². The summed E-state index contributed by atoms with van der Waals surface area (Å²) in [5.74, 6) is 5.96. The van der Waals surface area contributed by atoms with E-state index in [9.17, 15) is 4.39 Å². The Morgan fingerprint density at radius 3 is 2.95 bits per heavy atom. The number of rotatable bonds is 5. The molecule has 3 unspecified atom stereocenters. The molecule has 1 saturated heterocycles. The Kier molecular flexibility index (Phi) is 4.74. The number of nitrogens with one attached hydrogen (secondary N) is 1. The molecule has 0 spiro atoms. The second-order valence-electron chi connectivity index (χ2n) is 5.01. The van der Waals surface area contributed by atoms with Gasteiger partial charge in [-0.2, -0.15) is 0 Å². The van der Waals surface area contributed by atoms with Gasteiger partial charge in [-0.1, -0.05) is 19.1 Å². The van der Waals surface area contributed by atoms with Crippen molar-refractivity contribution in [2.45, 2.75) is 31.9 Å². The lowest BCUT2D eigenvalue weighted by atomic mass is 9.93. The van der Waals surface area contributed by atoms with Crippen molar-refractivity contribution in [2.75, 3.05) is 13.7 Å². The van der Waals surface area contributed by atoms with Crippen LogP contribution in [-0.2, 0) is 11.2 Å². The minimum Gasteiger partial charge on any atom is -0.494 e. The fourth-order valence-electron chi connectivity index (χ4n) is 2.61. The van der Waals surface area contributed by atoms with Crippen LogP contribution in [0.3, 0.4) is 0 Å². The maximum Gasteiger partial charge on any atom is 0.168 e. The van der Waals surface area contributed by atoms with E-state index >= 15 is 0 Å². The van der Waals surface area contributed by atoms with Crippen molar-refractivity contribution in [3.05, 3.63) is 29.6 Å². The smallest absolute Gasteiger partial charge is 0.168 e. The Morgan fingerprint density at radius 2 is 2.37 bits per heavy atom. The number of methoxy groups -OCH3 is 1. The molecule has 19 heavy (non-hydrogen) atoms. The van der Waals surface area contributed by atoms with E-state index in [1.165, 1.54) is 7.11 Å². The predicted octanol–water partition coefficient (Wildman–Crippen LogP) is 1.63. The monoisotopic (exact) mass is 268 g/mol. The second-order valence-corrected chi connectivity index (χ2v) is 5.01. The highest BCUT2D eigenvalue weighted by molar-refractivity contribution is 5.31. The van der Waals surface area contributed by atoms with Gasteiger partial charge < -0.3 is 9.47 Å². The molecule has 106 valence electrons. The molecule has 5 heteroatoms. The SMILES string of the molecule is COc1cccc(CC(NN)C2OCCC2C)c1F. The second kappa shape index (κ2) is 6.32. The fourth-order valence-corrected chi connectivity index (χ4v) is 2.61. The topological polar surface area (TPSA) is 56.5 Å². The highest BCUT2D eigenvalue weighted by atomic mass is 19.1. The van der Waals surface area contributed by atoms with Gasteiger partial charge in [0.05, 0.1) is 19.3 Å². The zero-order valence-corrected chi connectivity index (χ0v) is 11.4. The summed E-state index contributed by atoms with van der Waals surface area (Å²) in [5.41, 5.74) is 3.34. The van der Waals surface area contributed by atoms with Gasteiger partial charge in [0.1, 0.15) is 0 Å². The van der Waals surface area contributed by atoms with Crippen LogP contribution in [0.15, 0.2) is 18.2 Å². The molecule has 0 aliphatic carbocycles. The molecule has 1 aliphatic heterocycles. The minimum absolute atomic E-state index is 0.0237. The Bertz CT molecular complexity index is 428. The number of hydrogen-bond acceptors (Lipinski definition) is 4. The maximum absolute atomic E-state index is 14.1. The largest absolute Gasteiger partial charge is 0.494 e. The fraction of sp³-hybridized carbons (Fsp3) is 0.571. The van der Waals surface area contributed by atoms with Gasteiger partial charge in [-0.05, 0) is 30.4 Å². The lowest BCUT2D eigenvalue weighted by Crippen LogP contribution is -2.47. The third kappa shape index (κ3) is 3.05. The van der Waals surface area contributed by atoms with Gasteiger partial charge in [0.2, 0.25) is 0 Å². The number of halogens is 1. The summed E-state index contributed by atoms with van der Waals surface area (Å²) in [6, 6.07) is 5.04. The molecule has 0 radical (unpaired) electrons. The summed E-state index contributed by atoms with van der Waals surface area (Å²) >= 11 is 0. The van der Waals surface area contributed by atoms with Crippen molar-refractivity contribution in [2.24, 2.45) is 11.8 Å². The lowest BCUT2D eigenvalue weighted by molar-refractivity contribution is 0.0607. The molecule has 0 amide bonds. The van der Waals surface area contributed by atoms with Crippen LogP contribution in [0.5, 0.6) is 5.75 Å². The molecular weight excluding hydrogens is 247 g/mol. The normalized spacial score (nSPS) is 24.4. The van der Waals surface area contributed by atoms with Gasteiger partial charge >= 0.3 is 0 Å². The van der Waals surface area contributed by atoms with Gasteiger partial charge in [0.25, 0.3) is 0 Å². The van der Waals surface area contributed by atoms with Crippen molar-refractivity contribution >= 4 is 0 Å². The van der Waals surface area contributed by atoms with E-state index in [1.807, 2.05) is 0 Å². The molecule has 1 aromatic carbocycles. The summed E-state index contributed by atoms with van der Waals surface area (Å²) in [6.45, 7) is 2.87. The van der Waals surface area contributed by atoms with Gasteiger partial charge in [-0.3, -0.25) is 11.3 Å². The molecule has 1 heterocycles. The number of ether oxygens (including phenoxy) is 2. The van der Waals surface area contributed by atoms with Crippen LogP contribution in [0.25, 0.3) is 0 Å².